The lowest BCUT2D eigenvalue weighted by molar-refractivity contribution is -0.138. The molecule has 2 heterocycles. The highest BCUT2D eigenvalue weighted by molar-refractivity contribution is 5.85. The van der Waals surface area contributed by atoms with Crippen molar-refractivity contribution in [1.82, 2.24) is 10.2 Å². The number of halogens is 4. The number of alkyl halides is 3. The Balaban J connectivity index is 0.00000176. The number of fused-ring (bicyclic) bond motifs is 3. The van der Waals surface area contributed by atoms with E-state index >= 15 is 0 Å². The molecule has 0 aliphatic carbocycles. The van der Waals surface area contributed by atoms with Crippen molar-refractivity contribution < 1.29 is 22.7 Å². The highest BCUT2D eigenvalue weighted by Crippen LogP contribution is 2.41. The monoisotopic (exact) mass is 336 g/mol. The van der Waals surface area contributed by atoms with Crippen molar-refractivity contribution in [3.05, 3.63) is 34.9 Å². The van der Waals surface area contributed by atoms with Crippen LogP contribution in [0.1, 0.15) is 22.6 Å². The lowest BCUT2D eigenvalue weighted by Crippen LogP contribution is -2.47. The van der Waals surface area contributed by atoms with E-state index in [1.54, 1.807) is 6.07 Å². The number of rotatable bonds is 0. The van der Waals surface area contributed by atoms with Gasteiger partial charge < -0.3 is 10.1 Å². The van der Waals surface area contributed by atoms with Crippen LogP contribution in [0.3, 0.4) is 0 Å². The largest absolute Gasteiger partial charge is 0.453 e. The minimum Gasteiger partial charge on any atom is -0.453 e. The second-order valence-corrected chi connectivity index (χ2v) is 5.30. The van der Waals surface area contributed by atoms with Crippen LogP contribution in [0, 0.1) is 0 Å². The number of nitrogens with zero attached hydrogens (tertiary/aromatic N) is 1. The number of benzene rings is 1. The van der Waals surface area contributed by atoms with Crippen molar-refractivity contribution >= 4 is 18.5 Å². The fourth-order valence-corrected chi connectivity index (χ4v) is 3.31. The van der Waals surface area contributed by atoms with E-state index in [-0.39, 0.29) is 36.5 Å². The predicted molar refractivity (Wildman–Crippen MR) is 76.0 cm³/mol. The summed E-state index contributed by atoms with van der Waals surface area (Å²) >= 11 is 0. The fourth-order valence-electron chi connectivity index (χ4n) is 3.31. The highest BCUT2D eigenvalue weighted by Gasteiger charge is 2.44. The quantitative estimate of drug-likeness (QED) is 0.792. The van der Waals surface area contributed by atoms with E-state index < -0.39 is 17.8 Å². The van der Waals surface area contributed by atoms with E-state index in [2.05, 4.69) is 5.32 Å². The summed E-state index contributed by atoms with van der Waals surface area (Å²) in [6, 6.07) is 4.07. The molecule has 2 atom stereocenters. The summed E-state index contributed by atoms with van der Waals surface area (Å²) in [4.78, 5) is 13.3. The molecule has 2 aliphatic heterocycles. The molecule has 1 aromatic carbocycles. The molecule has 1 fully saturated rings. The first-order chi connectivity index (χ1) is 9.93. The molecule has 1 saturated heterocycles. The normalized spacial score (nSPS) is 23.4. The van der Waals surface area contributed by atoms with Gasteiger partial charge >= 0.3 is 12.3 Å². The lowest BCUT2D eigenvalue weighted by Gasteiger charge is -2.38. The van der Waals surface area contributed by atoms with Gasteiger partial charge in [0.1, 0.15) is 0 Å². The molecule has 122 valence electrons. The summed E-state index contributed by atoms with van der Waals surface area (Å²) in [5.41, 5.74) is 0.194. The van der Waals surface area contributed by atoms with Crippen LogP contribution in [0.2, 0.25) is 0 Å². The number of hydrogen-bond donors (Lipinski definition) is 1. The molecule has 0 spiro atoms. The average molecular weight is 337 g/mol. The fraction of sp³-hybridized carbons (Fsp3) is 0.500. The molecular weight excluding hydrogens is 321 g/mol. The molecule has 0 unspecified atom stereocenters. The predicted octanol–water partition coefficient (Wildman–Crippen LogP) is 2.76. The van der Waals surface area contributed by atoms with Gasteiger partial charge in [-0.3, -0.25) is 4.90 Å². The molecular formula is C14H16ClF3N2O2. The van der Waals surface area contributed by atoms with Crippen LogP contribution in [0.4, 0.5) is 18.0 Å². The second-order valence-electron chi connectivity index (χ2n) is 5.30. The van der Waals surface area contributed by atoms with Crippen LogP contribution in [0.5, 0.6) is 0 Å². The van der Waals surface area contributed by atoms with Crippen molar-refractivity contribution in [1.29, 1.82) is 0 Å². The molecule has 1 N–H and O–H groups in total. The van der Waals surface area contributed by atoms with Gasteiger partial charge in [0.2, 0.25) is 0 Å². The van der Waals surface area contributed by atoms with E-state index in [4.69, 9.17) is 4.74 Å². The van der Waals surface area contributed by atoms with Crippen LogP contribution in [0.25, 0.3) is 0 Å². The van der Waals surface area contributed by atoms with Crippen molar-refractivity contribution in [3.63, 3.8) is 0 Å². The summed E-state index contributed by atoms with van der Waals surface area (Å²) in [5.74, 6) is -0.129. The minimum atomic E-state index is -4.42. The Morgan fingerprint density at radius 2 is 2.09 bits per heavy atom. The molecule has 1 amide bonds. The molecule has 0 radical (unpaired) electrons. The summed E-state index contributed by atoms with van der Waals surface area (Å²) in [7, 11) is 1.24. The van der Waals surface area contributed by atoms with Gasteiger partial charge in [-0.05, 0) is 17.2 Å². The van der Waals surface area contributed by atoms with E-state index in [0.29, 0.717) is 18.7 Å². The Morgan fingerprint density at radius 1 is 1.36 bits per heavy atom. The van der Waals surface area contributed by atoms with Gasteiger partial charge in [0, 0.05) is 19.0 Å². The molecule has 22 heavy (non-hydrogen) atoms. The molecule has 0 aromatic heterocycles. The summed E-state index contributed by atoms with van der Waals surface area (Å²) in [5, 5.41) is 3.14. The van der Waals surface area contributed by atoms with Gasteiger partial charge in [0.15, 0.2) is 0 Å². The van der Waals surface area contributed by atoms with Crippen molar-refractivity contribution in [2.24, 2.45) is 0 Å². The Kier molecular flexibility index (Phi) is 4.58. The Morgan fingerprint density at radius 3 is 2.73 bits per heavy atom. The van der Waals surface area contributed by atoms with E-state index in [1.807, 2.05) is 0 Å². The zero-order chi connectivity index (χ0) is 15.2. The van der Waals surface area contributed by atoms with E-state index in [9.17, 15) is 18.0 Å². The zero-order valence-corrected chi connectivity index (χ0v) is 12.6. The van der Waals surface area contributed by atoms with Crippen molar-refractivity contribution in [2.75, 3.05) is 20.2 Å². The van der Waals surface area contributed by atoms with Gasteiger partial charge in [-0.1, -0.05) is 12.1 Å². The summed E-state index contributed by atoms with van der Waals surface area (Å²) in [6.07, 6.45) is -5.01. The van der Waals surface area contributed by atoms with E-state index in [0.717, 1.165) is 6.07 Å². The first-order valence-corrected chi connectivity index (χ1v) is 6.67. The van der Waals surface area contributed by atoms with Gasteiger partial charge in [0.05, 0.1) is 25.3 Å². The average Bonchev–Trinajstić information content (AvgIpc) is 2.93. The Hall–Kier alpha value is -1.47. The lowest BCUT2D eigenvalue weighted by atomic mass is 9.83. The maximum Gasteiger partial charge on any atom is 0.416 e. The first kappa shape index (κ1) is 16.9. The maximum atomic E-state index is 13.2. The van der Waals surface area contributed by atoms with Crippen LogP contribution in [-0.4, -0.2) is 37.2 Å². The molecule has 1 aromatic rings. The molecule has 3 rings (SSSR count). The number of carbonyl (C=O) groups excluding carboxylic acids is 1. The minimum absolute atomic E-state index is 0. The molecule has 4 nitrogen and oxygen atoms in total. The summed E-state index contributed by atoms with van der Waals surface area (Å²) < 4.78 is 44.3. The number of nitrogens with one attached hydrogen (secondary N) is 1. The zero-order valence-electron chi connectivity index (χ0n) is 11.8. The third-order valence-corrected chi connectivity index (χ3v) is 4.24. The molecule has 8 heteroatoms. The smallest absolute Gasteiger partial charge is 0.416 e. The van der Waals surface area contributed by atoms with Crippen LogP contribution >= 0.6 is 12.4 Å². The van der Waals surface area contributed by atoms with E-state index in [1.165, 1.54) is 18.1 Å². The summed E-state index contributed by atoms with van der Waals surface area (Å²) in [6.45, 7) is 1.06. The molecule has 2 aliphatic rings. The number of carbonyl (C=O) groups is 1. The maximum absolute atomic E-state index is 13.2. The van der Waals surface area contributed by atoms with Gasteiger partial charge in [-0.15, -0.1) is 12.4 Å². The molecule has 0 saturated carbocycles. The van der Waals surface area contributed by atoms with Crippen molar-refractivity contribution in [3.8, 4) is 0 Å². The first-order valence-electron chi connectivity index (χ1n) is 6.67. The Labute approximate surface area is 132 Å². The van der Waals surface area contributed by atoms with Gasteiger partial charge in [-0.2, -0.15) is 13.2 Å². The SMILES string of the molecule is COC(=O)N1Cc2c(cccc2C(F)(F)F)[C@@H]2CNC[C@H]21.Cl. The second kappa shape index (κ2) is 5.96. The standard InChI is InChI=1S/C14H15F3N2O2.ClH/c1-21-13(20)19-7-10-8(9-5-18-6-12(9)19)3-2-4-11(10)14(15,16)17;/h2-4,9,12,18H,5-7H2,1H3;1H/t9-,12+;/m0./s1. The van der Waals surface area contributed by atoms with Crippen LogP contribution in [0.15, 0.2) is 18.2 Å². The van der Waals surface area contributed by atoms with Crippen LogP contribution in [-0.2, 0) is 17.5 Å². The molecule has 0 bridgehead atoms. The third-order valence-electron chi connectivity index (χ3n) is 4.24. The Bertz CT molecular complexity index is 580. The third kappa shape index (κ3) is 2.63. The van der Waals surface area contributed by atoms with Gasteiger partial charge in [-0.25, -0.2) is 4.79 Å². The number of amides is 1. The number of hydrogen-bond acceptors (Lipinski definition) is 3. The van der Waals surface area contributed by atoms with Crippen molar-refractivity contribution in [2.45, 2.75) is 24.7 Å². The number of ether oxygens (including phenoxy) is 1. The highest BCUT2D eigenvalue weighted by atomic mass is 35.5. The van der Waals surface area contributed by atoms with Crippen LogP contribution < -0.4 is 5.32 Å². The topological polar surface area (TPSA) is 41.6 Å². The van der Waals surface area contributed by atoms with Gasteiger partial charge in [0.25, 0.3) is 0 Å². The number of methoxy groups -OCH3 is 1.